The molecule has 0 fully saturated rings. The average Bonchev–Trinajstić information content (AvgIpc) is 2.81. The van der Waals surface area contributed by atoms with E-state index in [1.54, 1.807) is 38.5 Å². The Balaban J connectivity index is 1.68. The van der Waals surface area contributed by atoms with Crippen LogP contribution in [0.5, 0.6) is 23.0 Å². The van der Waals surface area contributed by atoms with Gasteiger partial charge in [0, 0.05) is 12.6 Å². The molecular formula is C25H29NO5. The Hall–Kier alpha value is -3.22. The third-order valence-corrected chi connectivity index (χ3v) is 4.99. The molecule has 3 rings (SSSR count). The summed E-state index contributed by atoms with van der Waals surface area (Å²) in [6, 6.07) is 22.6. The van der Waals surface area contributed by atoms with E-state index < -0.39 is 6.10 Å². The molecule has 164 valence electrons. The van der Waals surface area contributed by atoms with Crippen molar-refractivity contribution < 1.29 is 24.4 Å². The highest BCUT2D eigenvalue weighted by molar-refractivity contribution is 5.44. The number of aliphatic hydroxyl groups excluding tert-OH is 1. The number of phenolic OH excluding ortho intramolecular Hbond substituents is 1. The highest BCUT2D eigenvalue weighted by Gasteiger charge is 2.17. The summed E-state index contributed by atoms with van der Waals surface area (Å²) in [4.78, 5) is 0. The van der Waals surface area contributed by atoms with Crippen LogP contribution in [0.1, 0.15) is 17.2 Å². The summed E-state index contributed by atoms with van der Waals surface area (Å²) in [5.41, 5.74) is 2.20. The first-order chi connectivity index (χ1) is 15.1. The SMILES string of the molecule is COc1ccc(C(Cc2ccccc2)NCC(O)COc2ccccc2O)cc1OC. The molecule has 0 bridgehead atoms. The second-order valence-corrected chi connectivity index (χ2v) is 7.20. The van der Waals surface area contributed by atoms with Crippen molar-refractivity contribution in [1.29, 1.82) is 0 Å². The van der Waals surface area contributed by atoms with E-state index in [1.165, 1.54) is 5.56 Å². The first kappa shape index (κ1) is 22.5. The Labute approximate surface area is 183 Å². The van der Waals surface area contributed by atoms with Crippen molar-refractivity contribution in [3.8, 4) is 23.0 Å². The normalized spacial score (nSPS) is 12.7. The zero-order valence-corrected chi connectivity index (χ0v) is 17.8. The molecule has 0 spiro atoms. The topological polar surface area (TPSA) is 80.2 Å². The lowest BCUT2D eigenvalue weighted by molar-refractivity contribution is 0.102. The van der Waals surface area contributed by atoms with Crippen molar-refractivity contribution in [2.45, 2.75) is 18.6 Å². The maximum absolute atomic E-state index is 10.4. The Kier molecular flexibility index (Phi) is 8.15. The van der Waals surface area contributed by atoms with E-state index in [2.05, 4.69) is 17.4 Å². The fourth-order valence-electron chi connectivity index (χ4n) is 3.33. The van der Waals surface area contributed by atoms with Gasteiger partial charge < -0.3 is 29.7 Å². The fraction of sp³-hybridized carbons (Fsp3) is 0.280. The van der Waals surface area contributed by atoms with Crippen molar-refractivity contribution in [2.75, 3.05) is 27.4 Å². The molecule has 0 radical (unpaired) electrons. The molecule has 3 N–H and O–H groups in total. The van der Waals surface area contributed by atoms with E-state index >= 15 is 0 Å². The lowest BCUT2D eigenvalue weighted by Crippen LogP contribution is -2.34. The van der Waals surface area contributed by atoms with Crippen LogP contribution < -0.4 is 19.5 Å². The van der Waals surface area contributed by atoms with Crippen molar-refractivity contribution in [3.05, 3.63) is 83.9 Å². The molecule has 31 heavy (non-hydrogen) atoms. The third kappa shape index (κ3) is 6.38. The molecule has 0 aliphatic heterocycles. The Morgan fingerprint density at radius 1 is 0.839 bits per heavy atom. The van der Waals surface area contributed by atoms with E-state index in [-0.39, 0.29) is 18.4 Å². The molecule has 0 saturated carbocycles. The Morgan fingerprint density at radius 2 is 1.55 bits per heavy atom. The van der Waals surface area contributed by atoms with Gasteiger partial charge in [-0.15, -0.1) is 0 Å². The summed E-state index contributed by atoms with van der Waals surface area (Å²) in [5.74, 6) is 1.72. The van der Waals surface area contributed by atoms with Crippen molar-refractivity contribution in [3.63, 3.8) is 0 Å². The van der Waals surface area contributed by atoms with Gasteiger partial charge in [-0.25, -0.2) is 0 Å². The maximum Gasteiger partial charge on any atom is 0.161 e. The maximum atomic E-state index is 10.4. The van der Waals surface area contributed by atoms with E-state index in [4.69, 9.17) is 14.2 Å². The molecule has 0 heterocycles. The standard InChI is InChI=1S/C25H29NO5/c1-29-24-13-12-19(15-25(24)30-2)21(14-18-8-4-3-5-9-18)26-16-20(27)17-31-23-11-7-6-10-22(23)28/h3-13,15,20-21,26-28H,14,16-17H2,1-2H3. The van der Waals surface area contributed by atoms with Crippen LogP contribution in [0.3, 0.4) is 0 Å². The number of hydrogen-bond donors (Lipinski definition) is 3. The molecule has 0 saturated heterocycles. The molecule has 0 amide bonds. The van der Waals surface area contributed by atoms with Gasteiger partial charge in [0.25, 0.3) is 0 Å². The number of benzene rings is 3. The van der Waals surface area contributed by atoms with Crippen molar-refractivity contribution >= 4 is 0 Å². The second-order valence-electron chi connectivity index (χ2n) is 7.20. The molecule has 0 aliphatic carbocycles. The fourth-order valence-corrected chi connectivity index (χ4v) is 3.33. The van der Waals surface area contributed by atoms with Gasteiger partial charge in [0.2, 0.25) is 0 Å². The second kappa shape index (κ2) is 11.2. The van der Waals surface area contributed by atoms with Crippen LogP contribution in [0, 0.1) is 0 Å². The number of nitrogens with one attached hydrogen (secondary N) is 1. The smallest absolute Gasteiger partial charge is 0.161 e. The van der Waals surface area contributed by atoms with Gasteiger partial charge in [0.05, 0.1) is 14.2 Å². The van der Waals surface area contributed by atoms with Crippen LogP contribution >= 0.6 is 0 Å². The minimum atomic E-state index is -0.752. The van der Waals surface area contributed by atoms with E-state index in [0.29, 0.717) is 23.8 Å². The summed E-state index contributed by atoms with van der Waals surface area (Å²) < 4.78 is 16.3. The lowest BCUT2D eigenvalue weighted by atomic mass is 9.98. The van der Waals surface area contributed by atoms with Crippen LogP contribution in [0.15, 0.2) is 72.8 Å². The molecule has 3 aromatic rings. The molecule has 6 nitrogen and oxygen atoms in total. The van der Waals surface area contributed by atoms with Crippen molar-refractivity contribution in [2.24, 2.45) is 0 Å². The van der Waals surface area contributed by atoms with E-state index in [1.807, 2.05) is 36.4 Å². The van der Waals surface area contributed by atoms with Gasteiger partial charge in [-0.05, 0) is 41.8 Å². The van der Waals surface area contributed by atoms with Gasteiger partial charge >= 0.3 is 0 Å². The van der Waals surface area contributed by atoms with Gasteiger partial charge in [-0.1, -0.05) is 48.5 Å². The highest BCUT2D eigenvalue weighted by Crippen LogP contribution is 2.31. The number of aliphatic hydroxyl groups is 1. The zero-order valence-electron chi connectivity index (χ0n) is 17.8. The van der Waals surface area contributed by atoms with Crippen molar-refractivity contribution in [1.82, 2.24) is 5.32 Å². The summed E-state index contributed by atoms with van der Waals surface area (Å²) in [5, 5.41) is 23.7. The van der Waals surface area contributed by atoms with Gasteiger partial charge in [0.15, 0.2) is 23.0 Å². The lowest BCUT2D eigenvalue weighted by Gasteiger charge is -2.23. The van der Waals surface area contributed by atoms with Crippen LogP contribution in [-0.2, 0) is 6.42 Å². The molecule has 0 aromatic heterocycles. The van der Waals surface area contributed by atoms with Crippen LogP contribution in [0.4, 0.5) is 0 Å². The number of ether oxygens (including phenoxy) is 3. The van der Waals surface area contributed by atoms with Crippen LogP contribution in [0.2, 0.25) is 0 Å². The predicted molar refractivity (Wildman–Crippen MR) is 120 cm³/mol. The van der Waals surface area contributed by atoms with Gasteiger partial charge in [0.1, 0.15) is 12.7 Å². The number of aromatic hydroxyl groups is 1. The quantitative estimate of drug-likeness (QED) is 0.436. The number of para-hydroxylation sites is 2. The van der Waals surface area contributed by atoms with Crippen LogP contribution in [0.25, 0.3) is 0 Å². The van der Waals surface area contributed by atoms with E-state index in [9.17, 15) is 10.2 Å². The summed E-state index contributed by atoms with van der Waals surface area (Å²) in [7, 11) is 3.22. The minimum Gasteiger partial charge on any atom is -0.504 e. The number of hydrogen-bond acceptors (Lipinski definition) is 6. The summed E-state index contributed by atoms with van der Waals surface area (Å²) in [6.07, 6.45) is -0.0124. The monoisotopic (exact) mass is 423 g/mol. The number of rotatable bonds is 11. The van der Waals surface area contributed by atoms with Gasteiger partial charge in [-0.2, -0.15) is 0 Å². The van der Waals surface area contributed by atoms with E-state index in [0.717, 1.165) is 12.0 Å². The largest absolute Gasteiger partial charge is 0.504 e. The number of methoxy groups -OCH3 is 2. The number of phenols is 1. The average molecular weight is 424 g/mol. The Morgan fingerprint density at radius 3 is 2.26 bits per heavy atom. The van der Waals surface area contributed by atoms with Crippen LogP contribution in [-0.4, -0.2) is 43.7 Å². The molecular weight excluding hydrogens is 394 g/mol. The molecule has 3 aromatic carbocycles. The highest BCUT2D eigenvalue weighted by atomic mass is 16.5. The molecule has 0 aliphatic rings. The first-order valence-corrected chi connectivity index (χ1v) is 10.2. The molecule has 2 atom stereocenters. The van der Waals surface area contributed by atoms with Gasteiger partial charge in [-0.3, -0.25) is 0 Å². The third-order valence-electron chi connectivity index (χ3n) is 4.99. The molecule has 6 heteroatoms. The molecule has 2 unspecified atom stereocenters. The minimum absolute atomic E-state index is 0.0509. The zero-order chi connectivity index (χ0) is 22.1. The summed E-state index contributed by atoms with van der Waals surface area (Å²) in [6.45, 7) is 0.383. The predicted octanol–water partition coefficient (Wildman–Crippen LogP) is 3.72. The first-order valence-electron chi connectivity index (χ1n) is 10.2. The summed E-state index contributed by atoms with van der Waals surface area (Å²) >= 11 is 0. The Bertz CT molecular complexity index is 948.